The maximum Gasteiger partial charge on any atom is 0.407 e. The lowest BCUT2D eigenvalue weighted by Crippen LogP contribution is -2.27. The highest BCUT2D eigenvalue weighted by molar-refractivity contribution is 7.16. The molecule has 1 aliphatic rings. The average Bonchev–Trinajstić information content (AvgIpc) is 3.42. The quantitative estimate of drug-likeness (QED) is 0.492. The standard InChI is InChI=1S/C24H23N5O4S/c1-15-9-18(29-33-15)13-27-24(31)32-14-17-4-6-19-20(11-25)23(34-21(19)10-17)28-22(30)7-5-16-3-2-8-26-12-16/h2-3,5,7-9,12,17H,4,6,10,13-14H2,1H3,(H,27,31)(H,28,30). The third-order valence-corrected chi connectivity index (χ3v) is 6.54. The normalized spacial score (nSPS) is 14.9. The van der Waals surface area contributed by atoms with Gasteiger partial charge in [0.15, 0.2) is 0 Å². The van der Waals surface area contributed by atoms with Gasteiger partial charge in [0.2, 0.25) is 5.91 Å². The number of pyridine rings is 1. The average molecular weight is 478 g/mol. The Bertz CT molecular complexity index is 1240. The monoisotopic (exact) mass is 477 g/mol. The molecule has 2 N–H and O–H groups in total. The zero-order valence-electron chi connectivity index (χ0n) is 18.5. The Morgan fingerprint density at radius 3 is 3.06 bits per heavy atom. The number of anilines is 1. The van der Waals surface area contributed by atoms with Crippen molar-refractivity contribution in [3.63, 3.8) is 0 Å². The molecule has 4 rings (SSSR count). The number of alkyl carbamates (subject to hydrolysis) is 1. The number of carbonyl (C=O) groups is 2. The number of carbonyl (C=O) groups excluding carboxylic acids is 2. The Labute approximate surface area is 200 Å². The van der Waals surface area contributed by atoms with Crippen molar-refractivity contribution in [2.24, 2.45) is 5.92 Å². The predicted octanol–water partition coefficient (Wildman–Crippen LogP) is 3.99. The molecule has 3 aromatic rings. The molecule has 9 nitrogen and oxygen atoms in total. The maximum atomic E-state index is 12.4. The summed E-state index contributed by atoms with van der Waals surface area (Å²) in [4.78, 5) is 29.4. The van der Waals surface area contributed by atoms with E-state index in [1.165, 1.54) is 17.4 Å². The van der Waals surface area contributed by atoms with E-state index in [0.29, 0.717) is 34.9 Å². The van der Waals surface area contributed by atoms with E-state index < -0.39 is 6.09 Å². The van der Waals surface area contributed by atoms with E-state index in [4.69, 9.17) is 9.26 Å². The molecule has 1 aliphatic carbocycles. The number of thiophene rings is 1. The zero-order chi connectivity index (χ0) is 23.9. The molecule has 0 aliphatic heterocycles. The predicted molar refractivity (Wildman–Crippen MR) is 126 cm³/mol. The lowest BCUT2D eigenvalue weighted by Gasteiger charge is -2.21. The molecular formula is C24H23N5O4S. The number of hydrogen-bond donors (Lipinski definition) is 2. The topological polar surface area (TPSA) is 130 Å². The highest BCUT2D eigenvalue weighted by Crippen LogP contribution is 2.39. The molecule has 3 heterocycles. The fraction of sp³-hybridized carbons (Fsp3) is 0.292. The van der Waals surface area contributed by atoms with E-state index in [0.717, 1.165) is 22.4 Å². The molecule has 0 spiro atoms. The second kappa shape index (κ2) is 10.8. The van der Waals surface area contributed by atoms with Gasteiger partial charge in [0.1, 0.15) is 22.5 Å². The van der Waals surface area contributed by atoms with Crippen molar-refractivity contribution in [2.45, 2.75) is 32.7 Å². The zero-order valence-corrected chi connectivity index (χ0v) is 19.4. The number of nitrogens with zero attached hydrogens (tertiary/aromatic N) is 3. The summed E-state index contributed by atoms with van der Waals surface area (Å²) in [6.07, 6.45) is 8.08. The third-order valence-electron chi connectivity index (χ3n) is 5.37. The van der Waals surface area contributed by atoms with Crippen molar-refractivity contribution >= 4 is 34.4 Å². The second-order valence-electron chi connectivity index (χ2n) is 7.92. The smallest absolute Gasteiger partial charge is 0.407 e. The van der Waals surface area contributed by atoms with Gasteiger partial charge in [0.05, 0.1) is 18.7 Å². The summed E-state index contributed by atoms with van der Waals surface area (Å²) in [6, 6.07) is 7.62. The van der Waals surface area contributed by atoms with E-state index in [-0.39, 0.29) is 25.0 Å². The van der Waals surface area contributed by atoms with Crippen molar-refractivity contribution in [3.8, 4) is 6.07 Å². The van der Waals surface area contributed by atoms with Crippen molar-refractivity contribution in [2.75, 3.05) is 11.9 Å². The Kier molecular flexibility index (Phi) is 7.34. The molecule has 10 heteroatoms. The van der Waals surface area contributed by atoms with Crippen molar-refractivity contribution < 1.29 is 18.8 Å². The lowest BCUT2D eigenvalue weighted by atomic mass is 9.88. The van der Waals surface area contributed by atoms with Gasteiger partial charge in [0.25, 0.3) is 0 Å². The molecule has 34 heavy (non-hydrogen) atoms. The second-order valence-corrected chi connectivity index (χ2v) is 9.02. The number of hydrogen-bond acceptors (Lipinski definition) is 8. The summed E-state index contributed by atoms with van der Waals surface area (Å²) in [5.74, 6) is 0.514. The summed E-state index contributed by atoms with van der Waals surface area (Å²) in [7, 11) is 0. The first-order valence-corrected chi connectivity index (χ1v) is 11.6. The van der Waals surface area contributed by atoms with Crippen LogP contribution in [0.15, 0.2) is 41.2 Å². The number of aryl methyl sites for hydroxylation is 1. The Morgan fingerprint density at radius 2 is 2.32 bits per heavy atom. The lowest BCUT2D eigenvalue weighted by molar-refractivity contribution is -0.111. The number of ether oxygens (including phenoxy) is 1. The summed E-state index contributed by atoms with van der Waals surface area (Å²) >= 11 is 1.41. The van der Waals surface area contributed by atoms with Crippen molar-refractivity contribution in [3.05, 3.63) is 69.7 Å². The van der Waals surface area contributed by atoms with E-state index in [1.807, 2.05) is 6.07 Å². The summed E-state index contributed by atoms with van der Waals surface area (Å²) in [5.41, 5.74) is 2.93. The SMILES string of the molecule is Cc1cc(CNC(=O)OCC2CCc3c(sc(NC(=O)C=Cc4cccnc4)c3C#N)C2)no1. The maximum absolute atomic E-state index is 12.4. The highest BCUT2D eigenvalue weighted by atomic mass is 32.1. The van der Waals surface area contributed by atoms with Crippen LogP contribution in [0.2, 0.25) is 0 Å². The number of nitrogens with one attached hydrogen (secondary N) is 2. The molecule has 0 radical (unpaired) electrons. The molecule has 0 saturated heterocycles. The largest absolute Gasteiger partial charge is 0.449 e. The summed E-state index contributed by atoms with van der Waals surface area (Å²) < 4.78 is 10.3. The van der Waals surface area contributed by atoms with Gasteiger partial charge in [-0.3, -0.25) is 9.78 Å². The minimum absolute atomic E-state index is 0.145. The Balaban J connectivity index is 1.31. The van der Waals surface area contributed by atoms with Gasteiger partial charge >= 0.3 is 6.09 Å². The van der Waals surface area contributed by atoms with Crippen LogP contribution in [0.1, 0.15) is 39.4 Å². The van der Waals surface area contributed by atoms with E-state index in [9.17, 15) is 14.9 Å². The molecule has 174 valence electrons. The first kappa shape index (κ1) is 23.2. The van der Waals surface area contributed by atoms with Crippen LogP contribution in [0.5, 0.6) is 0 Å². The molecule has 0 bridgehead atoms. The first-order chi connectivity index (χ1) is 16.5. The molecule has 0 saturated carbocycles. The van der Waals surface area contributed by atoms with Crippen molar-refractivity contribution in [1.82, 2.24) is 15.5 Å². The minimum atomic E-state index is -0.510. The molecule has 1 unspecified atom stereocenters. The van der Waals surface area contributed by atoms with Gasteiger partial charge in [-0.15, -0.1) is 11.3 Å². The van der Waals surface area contributed by atoms with Crippen LogP contribution in [-0.2, 0) is 28.9 Å². The van der Waals surface area contributed by atoms with Gasteiger partial charge in [-0.25, -0.2) is 4.79 Å². The molecule has 0 aromatic carbocycles. The van der Waals surface area contributed by atoms with Crippen LogP contribution < -0.4 is 10.6 Å². The highest BCUT2D eigenvalue weighted by Gasteiger charge is 2.27. The minimum Gasteiger partial charge on any atom is -0.449 e. The number of amides is 2. The fourth-order valence-corrected chi connectivity index (χ4v) is 5.03. The molecule has 0 fully saturated rings. The van der Waals surface area contributed by atoms with Crippen LogP contribution in [0.3, 0.4) is 0 Å². The van der Waals surface area contributed by atoms with Crippen LogP contribution in [0.4, 0.5) is 9.80 Å². The number of fused-ring (bicyclic) bond motifs is 1. The summed E-state index contributed by atoms with van der Waals surface area (Å²) in [6.45, 7) is 2.29. The van der Waals surface area contributed by atoms with Crippen LogP contribution in [0, 0.1) is 24.2 Å². The van der Waals surface area contributed by atoms with Crippen molar-refractivity contribution in [1.29, 1.82) is 5.26 Å². The molecule has 3 aromatic heterocycles. The molecule has 1 atom stereocenters. The Hall–Kier alpha value is -3.97. The molecular weight excluding hydrogens is 454 g/mol. The fourth-order valence-electron chi connectivity index (χ4n) is 3.71. The van der Waals surface area contributed by atoms with Crippen LogP contribution in [-0.4, -0.2) is 28.7 Å². The van der Waals surface area contributed by atoms with Gasteiger partial charge in [-0.2, -0.15) is 5.26 Å². The van der Waals surface area contributed by atoms with Gasteiger partial charge in [-0.1, -0.05) is 11.2 Å². The van der Waals surface area contributed by atoms with Gasteiger partial charge < -0.3 is 19.9 Å². The van der Waals surface area contributed by atoms with Gasteiger partial charge in [-0.05, 0) is 55.4 Å². The number of nitriles is 1. The van der Waals surface area contributed by atoms with E-state index in [2.05, 4.69) is 26.8 Å². The third kappa shape index (κ3) is 5.88. The summed E-state index contributed by atoms with van der Waals surface area (Å²) in [5, 5.41) is 19.5. The van der Waals surface area contributed by atoms with Crippen LogP contribution >= 0.6 is 11.3 Å². The van der Waals surface area contributed by atoms with Crippen LogP contribution in [0.25, 0.3) is 6.08 Å². The van der Waals surface area contributed by atoms with E-state index >= 15 is 0 Å². The van der Waals surface area contributed by atoms with Gasteiger partial charge in [0, 0.05) is 29.4 Å². The Morgan fingerprint density at radius 1 is 1.44 bits per heavy atom. The first-order valence-electron chi connectivity index (χ1n) is 10.8. The number of aromatic nitrogens is 2. The molecule has 2 amide bonds. The van der Waals surface area contributed by atoms with E-state index in [1.54, 1.807) is 37.5 Å². The number of rotatable bonds is 7.